The lowest BCUT2D eigenvalue weighted by molar-refractivity contribution is -0.137. The molecule has 1 aromatic carbocycles. The molecule has 2 rings (SSSR count). The molecule has 1 heterocycles. The van der Waals surface area contributed by atoms with E-state index in [-0.39, 0.29) is 17.1 Å². The standard InChI is InChI=1S/C16H15ClF3N3O3/c1-15(2,3)26-14(25)22-10-7-21-12(23-13(10)24)8-5-4-6-9(11(8)17)16(18,19)20/h4-7H,1-3H3,(H,22,25)(H,21,23,24). The van der Waals surface area contributed by atoms with E-state index in [1.807, 2.05) is 0 Å². The number of anilines is 1. The number of aromatic amines is 1. The van der Waals surface area contributed by atoms with Crippen LogP contribution in [0, 0.1) is 0 Å². The van der Waals surface area contributed by atoms with Gasteiger partial charge in [0.1, 0.15) is 17.1 Å². The van der Waals surface area contributed by atoms with Crippen LogP contribution < -0.4 is 10.9 Å². The molecule has 1 aromatic heterocycles. The number of carbonyl (C=O) groups excluding carboxylic acids is 1. The number of nitrogens with one attached hydrogen (secondary N) is 2. The van der Waals surface area contributed by atoms with E-state index in [1.165, 1.54) is 6.07 Å². The lowest BCUT2D eigenvalue weighted by Crippen LogP contribution is -2.29. The van der Waals surface area contributed by atoms with Crippen LogP contribution in [0.15, 0.2) is 29.2 Å². The summed E-state index contributed by atoms with van der Waals surface area (Å²) in [4.78, 5) is 29.9. The summed E-state index contributed by atoms with van der Waals surface area (Å²) in [5.41, 5.74) is -2.89. The maximum atomic E-state index is 12.9. The van der Waals surface area contributed by atoms with Crippen LogP contribution in [0.5, 0.6) is 0 Å². The van der Waals surface area contributed by atoms with Crippen molar-refractivity contribution in [3.8, 4) is 11.4 Å². The highest BCUT2D eigenvalue weighted by molar-refractivity contribution is 6.34. The zero-order valence-electron chi connectivity index (χ0n) is 14.0. The lowest BCUT2D eigenvalue weighted by Gasteiger charge is -2.19. The number of hydrogen-bond acceptors (Lipinski definition) is 4. The highest BCUT2D eigenvalue weighted by Gasteiger charge is 2.34. The van der Waals surface area contributed by atoms with Gasteiger partial charge in [0.15, 0.2) is 0 Å². The summed E-state index contributed by atoms with van der Waals surface area (Å²) in [6.45, 7) is 4.94. The Bertz CT molecular complexity index is 889. The number of rotatable bonds is 2. The topological polar surface area (TPSA) is 84.1 Å². The van der Waals surface area contributed by atoms with Gasteiger partial charge in [-0.2, -0.15) is 13.2 Å². The van der Waals surface area contributed by atoms with Gasteiger partial charge in [-0.05, 0) is 32.9 Å². The fourth-order valence-electron chi connectivity index (χ4n) is 1.97. The molecule has 2 N–H and O–H groups in total. The fourth-order valence-corrected chi connectivity index (χ4v) is 2.29. The number of H-pyrrole nitrogens is 1. The van der Waals surface area contributed by atoms with Crippen LogP contribution in [0.25, 0.3) is 11.4 Å². The molecule has 0 aliphatic carbocycles. The normalized spacial score (nSPS) is 12.0. The van der Waals surface area contributed by atoms with Crippen LogP contribution in [0.2, 0.25) is 5.02 Å². The van der Waals surface area contributed by atoms with E-state index < -0.39 is 34.0 Å². The molecule has 0 unspecified atom stereocenters. The Balaban J connectivity index is 2.34. The summed E-state index contributed by atoms with van der Waals surface area (Å²) < 4.78 is 43.8. The first-order chi connectivity index (χ1) is 11.9. The van der Waals surface area contributed by atoms with Gasteiger partial charge in [0, 0.05) is 5.56 Å². The Morgan fingerprint density at radius 3 is 2.46 bits per heavy atom. The Morgan fingerprint density at radius 1 is 1.27 bits per heavy atom. The van der Waals surface area contributed by atoms with E-state index >= 15 is 0 Å². The maximum absolute atomic E-state index is 12.9. The minimum Gasteiger partial charge on any atom is -0.444 e. The maximum Gasteiger partial charge on any atom is 0.417 e. The van der Waals surface area contributed by atoms with Crippen molar-refractivity contribution >= 4 is 23.4 Å². The van der Waals surface area contributed by atoms with Gasteiger partial charge < -0.3 is 9.72 Å². The van der Waals surface area contributed by atoms with Crippen molar-refractivity contribution in [2.24, 2.45) is 0 Å². The molecule has 26 heavy (non-hydrogen) atoms. The molecule has 0 spiro atoms. The van der Waals surface area contributed by atoms with Crippen molar-refractivity contribution < 1.29 is 22.7 Å². The summed E-state index contributed by atoms with van der Waals surface area (Å²) >= 11 is 5.81. The Morgan fingerprint density at radius 2 is 1.92 bits per heavy atom. The predicted octanol–water partition coefficient (Wildman–Crippen LogP) is 4.46. The number of amides is 1. The number of halogens is 4. The van der Waals surface area contributed by atoms with E-state index in [0.717, 1.165) is 18.3 Å². The van der Waals surface area contributed by atoms with E-state index in [0.29, 0.717) is 0 Å². The fraction of sp³-hybridized carbons (Fsp3) is 0.312. The molecular weight excluding hydrogens is 375 g/mol. The highest BCUT2D eigenvalue weighted by Crippen LogP contribution is 2.38. The molecule has 10 heteroatoms. The number of hydrogen-bond donors (Lipinski definition) is 2. The average Bonchev–Trinajstić information content (AvgIpc) is 2.46. The monoisotopic (exact) mass is 389 g/mol. The molecule has 6 nitrogen and oxygen atoms in total. The summed E-state index contributed by atoms with van der Waals surface area (Å²) in [7, 11) is 0. The van der Waals surface area contributed by atoms with E-state index in [1.54, 1.807) is 20.8 Å². The number of aromatic nitrogens is 2. The third kappa shape index (κ3) is 4.75. The van der Waals surface area contributed by atoms with E-state index in [2.05, 4.69) is 15.3 Å². The molecule has 2 aromatic rings. The molecule has 140 valence electrons. The second-order valence-corrected chi connectivity index (χ2v) is 6.64. The van der Waals surface area contributed by atoms with Crippen molar-refractivity contribution in [1.82, 2.24) is 9.97 Å². The summed E-state index contributed by atoms with van der Waals surface area (Å²) in [5.74, 6) is -0.166. The predicted molar refractivity (Wildman–Crippen MR) is 90.2 cm³/mol. The van der Waals surface area contributed by atoms with Gasteiger partial charge in [-0.1, -0.05) is 17.7 Å². The van der Waals surface area contributed by atoms with Crippen molar-refractivity contribution in [1.29, 1.82) is 0 Å². The third-order valence-electron chi connectivity index (χ3n) is 2.99. The molecule has 0 aliphatic heterocycles. The largest absolute Gasteiger partial charge is 0.444 e. The SMILES string of the molecule is CC(C)(C)OC(=O)Nc1cnc(-c2cccc(C(F)(F)F)c2Cl)[nH]c1=O. The first-order valence-electron chi connectivity index (χ1n) is 7.34. The Labute approximate surface area is 151 Å². The Kier molecular flexibility index (Phi) is 5.31. The van der Waals surface area contributed by atoms with Gasteiger partial charge in [-0.15, -0.1) is 0 Å². The van der Waals surface area contributed by atoms with Gasteiger partial charge in [-0.25, -0.2) is 9.78 Å². The van der Waals surface area contributed by atoms with E-state index in [4.69, 9.17) is 16.3 Å². The molecule has 0 bridgehead atoms. The molecular formula is C16H15ClF3N3O3. The number of benzene rings is 1. The molecule has 0 atom stereocenters. The van der Waals surface area contributed by atoms with Crippen molar-refractivity contribution in [3.63, 3.8) is 0 Å². The van der Waals surface area contributed by atoms with Crippen LogP contribution in [-0.4, -0.2) is 21.7 Å². The van der Waals surface area contributed by atoms with Crippen molar-refractivity contribution in [2.75, 3.05) is 5.32 Å². The van der Waals surface area contributed by atoms with Gasteiger partial charge >= 0.3 is 12.3 Å². The third-order valence-corrected chi connectivity index (χ3v) is 3.40. The smallest absolute Gasteiger partial charge is 0.417 e. The van der Waals surface area contributed by atoms with Crippen molar-refractivity contribution in [3.05, 3.63) is 45.3 Å². The number of alkyl halides is 3. The number of ether oxygens (including phenoxy) is 1. The second-order valence-electron chi connectivity index (χ2n) is 6.27. The zero-order valence-corrected chi connectivity index (χ0v) is 14.7. The van der Waals surface area contributed by atoms with Gasteiger partial charge in [0.05, 0.1) is 16.8 Å². The van der Waals surface area contributed by atoms with Crippen LogP contribution in [0.4, 0.5) is 23.7 Å². The van der Waals surface area contributed by atoms with Gasteiger partial charge in [-0.3, -0.25) is 10.1 Å². The first kappa shape index (κ1) is 19.8. The molecule has 0 radical (unpaired) electrons. The van der Waals surface area contributed by atoms with E-state index in [9.17, 15) is 22.8 Å². The van der Waals surface area contributed by atoms with Gasteiger partial charge in [0.25, 0.3) is 5.56 Å². The molecule has 0 aliphatic rings. The van der Waals surface area contributed by atoms with Crippen LogP contribution >= 0.6 is 11.6 Å². The molecule has 0 fully saturated rings. The summed E-state index contributed by atoms with van der Waals surface area (Å²) in [6.07, 6.45) is -4.50. The first-order valence-corrected chi connectivity index (χ1v) is 7.71. The van der Waals surface area contributed by atoms with Gasteiger partial charge in [0.2, 0.25) is 0 Å². The van der Waals surface area contributed by atoms with Crippen molar-refractivity contribution in [2.45, 2.75) is 32.5 Å². The Hall–Kier alpha value is -2.55. The number of nitrogens with zero attached hydrogens (tertiary/aromatic N) is 1. The number of carbonyl (C=O) groups is 1. The average molecular weight is 390 g/mol. The second kappa shape index (κ2) is 6.99. The molecule has 0 saturated heterocycles. The van der Waals surface area contributed by atoms with Crippen LogP contribution in [0.3, 0.4) is 0 Å². The minimum absolute atomic E-state index is 0.0950. The van der Waals surface area contributed by atoms with Crippen LogP contribution in [0.1, 0.15) is 26.3 Å². The lowest BCUT2D eigenvalue weighted by atomic mass is 10.1. The zero-order chi connectivity index (χ0) is 19.7. The summed E-state index contributed by atoms with van der Waals surface area (Å²) in [6, 6.07) is 3.26. The quantitative estimate of drug-likeness (QED) is 0.794. The molecule has 0 saturated carbocycles. The molecule has 1 amide bonds. The van der Waals surface area contributed by atoms with Crippen LogP contribution in [-0.2, 0) is 10.9 Å². The highest BCUT2D eigenvalue weighted by atomic mass is 35.5. The minimum atomic E-state index is -4.65. The summed E-state index contributed by atoms with van der Waals surface area (Å²) in [5, 5.41) is 1.63.